The van der Waals surface area contributed by atoms with Gasteiger partial charge in [0.15, 0.2) is 0 Å². The first-order valence-electron chi connectivity index (χ1n) is 5.20. The van der Waals surface area contributed by atoms with Gasteiger partial charge in [-0.1, -0.05) is 6.07 Å². The van der Waals surface area contributed by atoms with Crippen molar-refractivity contribution in [1.29, 1.82) is 0 Å². The summed E-state index contributed by atoms with van der Waals surface area (Å²) in [6, 6.07) is 3.50. The summed E-state index contributed by atoms with van der Waals surface area (Å²) in [5, 5.41) is 9.17. The summed E-state index contributed by atoms with van der Waals surface area (Å²) < 4.78 is 1.65. The summed E-state index contributed by atoms with van der Waals surface area (Å²) in [5.74, 6) is -0.394. The predicted molar refractivity (Wildman–Crippen MR) is 66.3 cm³/mol. The number of hydrogen-bond acceptors (Lipinski definition) is 4. The summed E-state index contributed by atoms with van der Waals surface area (Å²) in [4.78, 5) is 12.6. The third-order valence-electron chi connectivity index (χ3n) is 2.40. The van der Waals surface area contributed by atoms with E-state index in [1.165, 1.54) is 4.88 Å². The second kappa shape index (κ2) is 5.11. The van der Waals surface area contributed by atoms with Gasteiger partial charge in [0.2, 0.25) is 5.91 Å². The first-order valence-corrected chi connectivity index (χ1v) is 6.08. The molecule has 2 aromatic heterocycles. The average Bonchev–Trinajstić information content (AvgIpc) is 2.90. The maximum atomic E-state index is 11.4. The van der Waals surface area contributed by atoms with Gasteiger partial charge in [0.25, 0.3) is 0 Å². The van der Waals surface area contributed by atoms with Gasteiger partial charge in [-0.15, -0.1) is 11.3 Å². The molecule has 1 unspecified atom stereocenters. The molecule has 0 bridgehead atoms. The van der Waals surface area contributed by atoms with Crippen molar-refractivity contribution in [1.82, 2.24) is 15.1 Å². The van der Waals surface area contributed by atoms with Crippen LogP contribution in [0.15, 0.2) is 29.9 Å². The Morgan fingerprint density at radius 3 is 3.06 bits per heavy atom. The van der Waals surface area contributed by atoms with Crippen LogP contribution < -0.4 is 11.1 Å². The number of primary amides is 1. The molecule has 0 aliphatic carbocycles. The number of amides is 1. The summed E-state index contributed by atoms with van der Waals surface area (Å²) in [6.07, 6.45) is 3.44. The maximum absolute atomic E-state index is 11.4. The van der Waals surface area contributed by atoms with Crippen LogP contribution in [-0.4, -0.2) is 15.7 Å². The van der Waals surface area contributed by atoms with E-state index in [1.807, 2.05) is 17.5 Å². The Bertz CT molecular complexity index is 491. The number of nitrogens with two attached hydrogens (primary N) is 1. The van der Waals surface area contributed by atoms with Crippen LogP contribution in [0.4, 0.5) is 0 Å². The molecule has 17 heavy (non-hydrogen) atoms. The summed E-state index contributed by atoms with van der Waals surface area (Å²) in [5.41, 5.74) is 6.17. The van der Waals surface area contributed by atoms with Crippen LogP contribution in [-0.2, 0) is 18.4 Å². The van der Waals surface area contributed by atoms with E-state index in [9.17, 15) is 4.79 Å². The van der Waals surface area contributed by atoms with Crippen LogP contribution in [0.1, 0.15) is 16.5 Å². The van der Waals surface area contributed by atoms with Crippen LogP contribution in [0.2, 0.25) is 0 Å². The monoisotopic (exact) mass is 250 g/mol. The first kappa shape index (κ1) is 11.8. The highest BCUT2D eigenvalue weighted by molar-refractivity contribution is 7.09. The Labute approximate surface area is 103 Å². The van der Waals surface area contributed by atoms with E-state index in [1.54, 1.807) is 35.5 Å². The Kier molecular flexibility index (Phi) is 3.55. The molecule has 1 atom stereocenters. The second-order valence-corrected chi connectivity index (χ2v) is 4.78. The van der Waals surface area contributed by atoms with Crippen LogP contribution in [0, 0.1) is 0 Å². The number of carbonyl (C=O) groups is 1. The highest BCUT2D eigenvalue weighted by Crippen LogP contribution is 2.14. The van der Waals surface area contributed by atoms with Crippen molar-refractivity contribution in [2.75, 3.05) is 0 Å². The standard InChI is InChI=1S/C11H14N4OS/c1-15-7-8(5-14-15)10(11(12)16)13-6-9-3-2-4-17-9/h2-5,7,10,13H,6H2,1H3,(H2,12,16). The fraction of sp³-hybridized carbons (Fsp3) is 0.273. The van der Waals surface area contributed by atoms with Crippen molar-refractivity contribution in [3.05, 3.63) is 40.3 Å². The second-order valence-electron chi connectivity index (χ2n) is 3.74. The Morgan fingerprint density at radius 1 is 1.71 bits per heavy atom. The Morgan fingerprint density at radius 2 is 2.53 bits per heavy atom. The number of nitrogens with zero attached hydrogens (tertiary/aromatic N) is 2. The highest BCUT2D eigenvalue weighted by atomic mass is 32.1. The van der Waals surface area contributed by atoms with E-state index < -0.39 is 11.9 Å². The molecular formula is C11H14N4OS. The number of hydrogen-bond donors (Lipinski definition) is 2. The number of nitrogens with one attached hydrogen (secondary N) is 1. The van der Waals surface area contributed by atoms with E-state index in [0.29, 0.717) is 6.54 Å². The molecule has 2 rings (SSSR count). The van der Waals surface area contributed by atoms with Crippen molar-refractivity contribution in [3.8, 4) is 0 Å². The van der Waals surface area contributed by atoms with Gasteiger partial charge >= 0.3 is 0 Å². The number of aromatic nitrogens is 2. The molecule has 90 valence electrons. The van der Waals surface area contributed by atoms with Gasteiger partial charge in [-0.2, -0.15) is 5.10 Å². The highest BCUT2D eigenvalue weighted by Gasteiger charge is 2.18. The fourth-order valence-electron chi connectivity index (χ4n) is 1.59. The van der Waals surface area contributed by atoms with E-state index >= 15 is 0 Å². The molecule has 0 saturated carbocycles. The molecule has 6 heteroatoms. The summed E-state index contributed by atoms with van der Waals surface area (Å²) >= 11 is 1.64. The van der Waals surface area contributed by atoms with Gasteiger partial charge in [-0.25, -0.2) is 0 Å². The van der Waals surface area contributed by atoms with Crippen molar-refractivity contribution >= 4 is 17.2 Å². The van der Waals surface area contributed by atoms with Gasteiger partial charge in [-0.3, -0.25) is 14.8 Å². The number of thiophene rings is 1. The van der Waals surface area contributed by atoms with Crippen molar-refractivity contribution in [2.45, 2.75) is 12.6 Å². The van der Waals surface area contributed by atoms with E-state index in [0.717, 1.165) is 5.56 Å². The quantitative estimate of drug-likeness (QED) is 0.824. The lowest BCUT2D eigenvalue weighted by Gasteiger charge is -2.12. The zero-order valence-electron chi connectivity index (χ0n) is 9.46. The van der Waals surface area contributed by atoms with E-state index in [4.69, 9.17) is 5.73 Å². The van der Waals surface area contributed by atoms with Crippen LogP contribution >= 0.6 is 11.3 Å². The molecule has 0 aromatic carbocycles. The SMILES string of the molecule is Cn1cc(C(NCc2cccs2)C(N)=O)cn1. The summed E-state index contributed by atoms with van der Waals surface area (Å²) in [7, 11) is 1.81. The van der Waals surface area contributed by atoms with E-state index in [2.05, 4.69) is 10.4 Å². The van der Waals surface area contributed by atoms with Gasteiger partial charge in [0.1, 0.15) is 6.04 Å². The molecule has 2 heterocycles. The summed E-state index contributed by atoms with van der Waals surface area (Å²) in [6.45, 7) is 0.625. The molecular weight excluding hydrogens is 236 g/mol. The predicted octanol–water partition coefficient (Wildman–Crippen LogP) is 0.798. The molecule has 0 aliphatic heterocycles. The lowest BCUT2D eigenvalue weighted by molar-refractivity contribution is -0.120. The minimum Gasteiger partial charge on any atom is -0.368 e. The molecule has 0 radical (unpaired) electrons. The van der Waals surface area contributed by atoms with Crippen molar-refractivity contribution in [3.63, 3.8) is 0 Å². The van der Waals surface area contributed by atoms with Gasteiger partial charge in [0.05, 0.1) is 6.20 Å². The molecule has 0 spiro atoms. The van der Waals surface area contributed by atoms with Crippen LogP contribution in [0.3, 0.4) is 0 Å². The van der Waals surface area contributed by atoms with Crippen LogP contribution in [0.5, 0.6) is 0 Å². The lowest BCUT2D eigenvalue weighted by atomic mass is 10.1. The van der Waals surface area contributed by atoms with Crippen molar-refractivity contribution in [2.24, 2.45) is 12.8 Å². The third-order valence-corrected chi connectivity index (χ3v) is 3.28. The topological polar surface area (TPSA) is 72.9 Å². The molecule has 5 nitrogen and oxygen atoms in total. The number of rotatable bonds is 5. The molecule has 0 fully saturated rings. The molecule has 2 aromatic rings. The third kappa shape index (κ3) is 2.92. The van der Waals surface area contributed by atoms with Crippen LogP contribution in [0.25, 0.3) is 0 Å². The minimum atomic E-state index is -0.495. The number of carbonyl (C=O) groups excluding carboxylic acids is 1. The molecule has 0 saturated heterocycles. The fourth-order valence-corrected chi connectivity index (χ4v) is 2.24. The molecule has 1 amide bonds. The largest absolute Gasteiger partial charge is 0.368 e. The minimum absolute atomic E-state index is 0.394. The van der Waals surface area contributed by atoms with Crippen molar-refractivity contribution < 1.29 is 4.79 Å². The smallest absolute Gasteiger partial charge is 0.239 e. The molecule has 0 aliphatic rings. The zero-order valence-corrected chi connectivity index (χ0v) is 10.3. The van der Waals surface area contributed by atoms with E-state index in [-0.39, 0.29) is 0 Å². The molecule has 3 N–H and O–H groups in total. The Balaban J connectivity index is 2.05. The lowest BCUT2D eigenvalue weighted by Crippen LogP contribution is -2.32. The van der Waals surface area contributed by atoms with Gasteiger partial charge < -0.3 is 5.73 Å². The Hall–Kier alpha value is -1.66. The average molecular weight is 250 g/mol. The maximum Gasteiger partial charge on any atom is 0.239 e. The number of aryl methyl sites for hydroxylation is 1. The normalized spacial score (nSPS) is 12.5. The first-order chi connectivity index (χ1) is 8.16. The van der Waals surface area contributed by atoms with Gasteiger partial charge in [-0.05, 0) is 11.4 Å². The zero-order chi connectivity index (χ0) is 12.3. The van der Waals surface area contributed by atoms with Gasteiger partial charge in [0, 0.05) is 30.2 Å².